The smallest absolute Gasteiger partial charge is 0.240 e. The Morgan fingerprint density at radius 2 is 1.81 bits per heavy atom. The predicted molar refractivity (Wildman–Crippen MR) is 79.3 cm³/mol. The van der Waals surface area contributed by atoms with E-state index in [4.69, 9.17) is 0 Å². The van der Waals surface area contributed by atoms with Gasteiger partial charge in [-0.25, -0.2) is 13.1 Å². The van der Waals surface area contributed by atoms with E-state index in [-0.39, 0.29) is 10.8 Å². The highest BCUT2D eigenvalue weighted by Gasteiger charge is 2.28. The minimum Gasteiger partial charge on any atom is -0.391 e. The van der Waals surface area contributed by atoms with Crippen LogP contribution < -0.4 is 10.0 Å². The number of aliphatic hydroxyl groups excluding tert-OH is 1. The van der Waals surface area contributed by atoms with Crippen molar-refractivity contribution in [2.24, 2.45) is 0 Å². The average Bonchev–Trinajstić information content (AvgIpc) is 2.41. The van der Waals surface area contributed by atoms with Gasteiger partial charge in [0, 0.05) is 18.7 Å². The molecule has 0 saturated heterocycles. The summed E-state index contributed by atoms with van der Waals surface area (Å²) in [4.78, 5) is 11.0. The Morgan fingerprint density at radius 1 is 1.19 bits per heavy atom. The van der Waals surface area contributed by atoms with Crippen molar-refractivity contribution in [3.63, 3.8) is 0 Å². The van der Waals surface area contributed by atoms with Crippen molar-refractivity contribution in [3.05, 3.63) is 24.3 Å². The topological polar surface area (TPSA) is 95.5 Å². The lowest BCUT2D eigenvalue weighted by molar-refractivity contribution is -0.114. The maximum Gasteiger partial charge on any atom is 0.240 e. The summed E-state index contributed by atoms with van der Waals surface area (Å²) in [5.41, 5.74) is 0.541. The zero-order chi connectivity index (χ0) is 15.5. The van der Waals surface area contributed by atoms with Crippen LogP contribution in [0.3, 0.4) is 0 Å². The van der Waals surface area contributed by atoms with Gasteiger partial charge in [-0.15, -0.1) is 0 Å². The van der Waals surface area contributed by atoms with E-state index in [1.807, 2.05) is 0 Å². The number of aliphatic hydroxyl groups is 1. The van der Waals surface area contributed by atoms with Gasteiger partial charge in [-0.2, -0.15) is 0 Å². The average molecular weight is 312 g/mol. The molecule has 21 heavy (non-hydrogen) atoms. The van der Waals surface area contributed by atoms with Gasteiger partial charge < -0.3 is 10.4 Å². The van der Waals surface area contributed by atoms with Crippen LogP contribution >= 0.6 is 0 Å². The summed E-state index contributed by atoms with van der Waals surface area (Å²) in [6.07, 6.45) is 2.46. The van der Waals surface area contributed by atoms with Gasteiger partial charge in [0.1, 0.15) is 0 Å². The van der Waals surface area contributed by atoms with E-state index in [9.17, 15) is 18.3 Å². The van der Waals surface area contributed by atoms with E-state index in [0.29, 0.717) is 18.5 Å². The number of amides is 1. The lowest BCUT2D eigenvalue weighted by atomic mass is 9.93. The summed E-state index contributed by atoms with van der Waals surface area (Å²) >= 11 is 0. The molecular weight excluding hydrogens is 292 g/mol. The van der Waals surface area contributed by atoms with E-state index < -0.39 is 22.2 Å². The van der Waals surface area contributed by atoms with Crippen LogP contribution in [0.25, 0.3) is 0 Å². The van der Waals surface area contributed by atoms with Gasteiger partial charge in [0.2, 0.25) is 15.9 Å². The minimum absolute atomic E-state index is 0.120. The standard InChI is InChI=1S/C14H20N2O4S/c1-10(17)15-11-6-8-12(9-7-11)21(19,20)16-13-4-2-3-5-14(13)18/h6-9,13-14,16,18H,2-5H2,1H3,(H,15,17). The summed E-state index contributed by atoms with van der Waals surface area (Å²) in [5.74, 6) is -0.214. The molecule has 2 unspecified atom stereocenters. The quantitative estimate of drug-likeness (QED) is 0.779. The molecule has 1 aromatic rings. The zero-order valence-corrected chi connectivity index (χ0v) is 12.7. The van der Waals surface area contributed by atoms with E-state index in [0.717, 1.165) is 12.8 Å². The Balaban J connectivity index is 2.10. The Kier molecular flexibility index (Phi) is 4.97. The van der Waals surface area contributed by atoms with E-state index in [1.165, 1.54) is 31.2 Å². The number of sulfonamides is 1. The molecule has 0 aliphatic heterocycles. The summed E-state index contributed by atoms with van der Waals surface area (Å²) in [5, 5.41) is 12.4. The summed E-state index contributed by atoms with van der Waals surface area (Å²) in [7, 11) is -3.66. The molecule has 0 heterocycles. The van der Waals surface area contributed by atoms with Crippen molar-refractivity contribution >= 4 is 21.6 Å². The predicted octanol–water partition coefficient (Wildman–Crippen LogP) is 1.23. The van der Waals surface area contributed by atoms with Crippen LogP contribution in [-0.2, 0) is 14.8 Å². The van der Waals surface area contributed by atoms with Crippen LogP contribution in [0, 0.1) is 0 Å². The maximum atomic E-state index is 12.3. The third kappa shape index (κ3) is 4.26. The normalized spacial score (nSPS) is 22.8. The largest absolute Gasteiger partial charge is 0.391 e. The number of hydrogen-bond acceptors (Lipinski definition) is 4. The Bertz CT molecular complexity index is 598. The fourth-order valence-corrected chi connectivity index (χ4v) is 3.74. The second-order valence-corrected chi connectivity index (χ2v) is 7.00. The van der Waals surface area contributed by atoms with Crippen molar-refractivity contribution in [1.29, 1.82) is 0 Å². The fraction of sp³-hybridized carbons (Fsp3) is 0.500. The molecule has 1 saturated carbocycles. The van der Waals surface area contributed by atoms with Gasteiger partial charge >= 0.3 is 0 Å². The first-order chi connectivity index (χ1) is 9.88. The van der Waals surface area contributed by atoms with Crippen molar-refractivity contribution in [2.45, 2.75) is 49.6 Å². The monoisotopic (exact) mass is 312 g/mol. The molecule has 0 radical (unpaired) electrons. The third-order valence-corrected chi connectivity index (χ3v) is 5.03. The second kappa shape index (κ2) is 6.55. The first-order valence-electron chi connectivity index (χ1n) is 6.96. The molecule has 1 aliphatic carbocycles. The van der Waals surface area contributed by atoms with Gasteiger partial charge in [0.25, 0.3) is 0 Å². The molecule has 6 nitrogen and oxygen atoms in total. The molecule has 7 heteroatoms. The minimum atomic E-state index is -3.66. The Morgan fingerprint density at radius 3 is 2.38 bits per heavy atom. The molecule has 1 amide bonds. The van der Waals surface area contributed by atoms with Gasteiger partial charge in [0.15, 0.2) is 0 Å². The number of benzene rings is 1. The number of anilines is 1. The first kappa shape index (κ1) is 15.9. The lowest BCUT2D eigenvalue weighted by Gasteiger charge is -2.28. The number of hydrogen-bond donors (Lipinski definition) is 3. The first-order valence-corrected chi connectivity index (χ1v) is 8.45. The van der Waals surface area contributed by atoms with Crippen molar-refractivity contribution in [3.8, 4) is 0 Å². The molecule has 2 atom stereocenters. The Labute approximate surface area is 124 Å². The maximum absolute atomic E-state index is 12.3. The summed E-state index contributed by atoms with van der Waals surface area (Å²) < 4.78 is 27.1. The highest BCUT2D eigenvalue weighted by Crippen LogP contribution is 2.21. The molecule has 3 N–H and O–H groups in total. The molecule has 0 spiro atoms. The van der Waals surface area contributed by atoms with E-state index >= 15 is 0 Å². The molecule has 2 rings (SSSR count). The molecular formula is C14H20N2O4S. The van der Waals surface area contributed by atoms with Crippen LogP contribution in [-0.4, -0.2) is 31.6 Å². The van der Waals surface area contributed by atoms with Crippen LogP contribution in [0.4, 0.5) is 5.69 Å². The fourth-order valence-electron chi connectivity index (χ4n) is 2.44. The molecule has 1 fully saturated rings. The van der Waals surface area contributed by atoms with Gasteiger partial charge in [0.05, 0.1) is 11.0 Å². The molecule has 116 valence electrons. The van der Waals surface area contributed by atoms with Crippen molar-refractivity contribution in [1.82, 2.24) is 4.72 Å². The summed E-state index contributed by atoms with van der Waals surface area (Å²) in [6.45, 7) is 1.39. The van der Waals surface area contributed by atoms with Crippen LogP contribution in [0.1, 0.15) is 32.6 Å². The third-order valence-electron chi connectivity index (χ3n) is 3.52. The highest BCUT2D eigenvalue weighted by atomic mass is 32.2. The Hall–Kier alpha value is -1.44. The second-order valence-electron chi connectivity index (χ2n) is 5.29. The van der Waals surface area contributed by atoms with Crippen molar-refractivity contribution in [2.75, 3.05) is 5.32 Å². The van der Waals surface area contributed by atoms with Crippen LogP contribution in [0.15, 0.2) is 29.2 Å². The number of rotatable bonds is 4. The summed E-state index contributed by atoms with van der Waals surface area (Å²) in [6, 6.07) is 5.50. The molecule has 1 aromatic carbocycles. The van der Waals surface area contributed by atoms with Gasteiger partial charge in [-0.3, -0.25) is 4.79 Å². The molecule has 0 aromatic heterocycles. The van der Waals surface area contributed by atoms with Gasteiger partial charge in [-0.05, 0) is 37.1 Å². The lowest BCUT2D eigenvalue weighted by Crippen LogP contribution is -2.44. The van der Waals surface area contributed by atoms with Crippen LogP contribution in [0.2, 0.25) is 0 Å². The SMILES string of the molecule is CC(=O)Nc1ccc(S(=O)(=O)NC2CCCCC2O)cc1. The van der Waals surface area contributed by atoms with Gasteiger partial charge in [-0.1, -0.05) is 12.8 Å². The number of carbonyl (C=O) groups excluding carboxylic acids is 1. The van der Waals surface area contributed by atoms with Crippen molar-refractivity contribution < 1.29 is 18.3 Å². The molecule has 0 bridgehead atoms. The van der Waals surface area contributed by atoms with E-state index in [2.05, 4.69) is 10.0 Å². The number of nitrogens with one attached hydrogen (secondary N) is 2. The highest BCUT2D eigenvalue weighted by molar-refractivity contribution is 7.89. The zero-order valence-electron chi connectivity index (χ0n) is 11.9. The van der Waals surface area contributed by atoms with E-state index in [1.54, 1.807) is 0 Å². The molecule has 1 aliphatic rings. The number of carbonyl (C=O) groups is 1. The van der Waals surface area contributed by atoms with Crippen LogP contribution in [0.5, 0.6) is 0 Å².